The minimum absolute atomic E-state index is 0. The van der Waals surface area contributed by atoms with E-state index in [9.17, 15) is 0 Å². The van der Waals surface area contributed by atoms with Crippen LogP contribution < -0.4 is 5.73 Å². The van der Waals surface area contributed by atoms with Gasteiger partial charge < -0.3 is 5.73 Å². The van der Waals surface area contributed by atoms with Crippen LogP contribution in [0, 0.1) is 0 Å². The molecule has 0 bridgehead atoms. The van der Waals surface area contributed by atoms with E-state index in [1.54, 1.807) is 24.4 Å². The minimum Gasteiger partial charge on any atom is -0.322 e. The maximum absolute atomic E-state index is 5.78. The highest BCUT2D eigenvalue weighted by Crippen LogP contribution is 2.15. The van der Waals surface area contributed by atoms with Gasteiger partial charge in [-0.05, 0) is 18.6 Å². The summed E-state index contributed by atoms with van der Waals surface area (Å²) in [6.07, 6.45) is 4.14. The van der Waals surface area contributed by atoms with Crippen molar-refractivity contribution in [2.75, 3.05) is 0 Å². The van der Waals surface area contributed by atoms with E-state index in [2.05, 4.69) is 11.6 Å². The van der Waals surface area contributed by atoms with Gasteiger partial charge in [-0.1, -0.05) is 17.7 Å². The lowest BCUT2D eigenvalue weighted by Crippen LogP contribution is -2.10. The normalized spacial score (nSPS) is 11.5. The van der Waals surface area contributed by atoms with E-state index in [1.165, 1.54) is 0 Å². The predicted molar refractivity (Wildman–Crippen MR) is 58.2 cm³/mol. The Kier molecular flexibility index (Phi) is 5.71. The molecule has 0 fully saturated rings. The quantitative estimate of drug-likeness (QED) is 0.793. The number of hydrogen-bond donors (Lipinski definition) is 1. The first-order valence-corrected chi connectivity index (χ1v) is 4.09. The predicted octanol–water partition coefficient (Wildman–Crippen LogP) is 2.73. The van der Waals surface area contributed by atoms with Crippen molar-refractivity contribution in [3.05, 3.63) is 41.7 Å². The average molecular weight is 219 g/mol. The molecule has 2 nitrogen and oxygen atoms in total. The fourth-order valence-corrected chi connectivity index (χ4v) is 1.09. The zero-order valence-electron chi connectivity index (χ0n) is 7.11. The van der Waals surface area contributed by atoms with Crippen molar-refractivity contribution >= 4 is 24.0 Å². The summed E-state index contributed by atoms with van der Waals surface area (Å²) in [6, 6.07) is 3.41. The van der Waals surface area contributed by atoms with E-state index < -0.39 is 0 Å². The molecular formula is C9H12Cl2N2. The molecule has 72 valence electrons. The van der Waals surface area contributed by atoms with Crippen LogP contribution in [0.3, 0.4) is 0 Å². The van der Waals surface area contributed by atoms with Crippen LogP contribution in [0.5, 0.6) is 0 Å². The number of nitrogens with two attached hydrogens (primary N) is 1. The smallest absolute Gasteiger partial charge is 0.0588 e. The van der Waals surface area contributed by atoms with Gasteiger partial charge >= 0.3 is 0 Å². The highest BCUT2D eigenvalue weighted by molar-refractivity contribution is 6.30. The molecule has 4 heteroatoms. The third kappa shape index (κ3) is 3.77. The highest BCUT2D eigenvalue weighted by Gasteiger charge is 2.04. The molecule has 2 N–H and O–H groups in total. The monoisotopic (exact) mass is 218 g/mol. The van der Waals surface area contributed by atoms with Crippen LogP contribution in [0.2, 0.25) is 5.02 Å². The minimum atomic E-state index is -0.0961. The van der Waals surface area contributed by atoms with Gasteiger partial charge in [-0.15, -0.1) is 19.0 Å². The molecule has 0 spiro atoms. The molecule has 0 saturated heterocycles. The molecule has 0 radical (unpaired) electrons. The van der Waals surface area contributed by atoms with Crippen LogP contribution in [0.1, 0.15) is 18.2 Å². The van der Waals surface area contributed by atoms with E-state index in [1.807, 2.05) is 0 Å². The van der Waals surface area contributed by atoms with Crippen molar-refractivity contribution in [1.82, 2.24) is 4.98 Å². The molecule has 0 saturated carbocycles. The SMILES string of the molecule is C=CC[C@H](N)c1cc(Cl)ccn1.Cl. The van der Waals surface area contributed by atoms with Crippen LogP contribution in [0.4, 0.5) is 0 Å². The molecule has 13 heavy (non-hydrogen) atoms. The molecule has 0 aromatic carbocycles. The number of halogens is 2. The zero-order valence-corrected chi connectivity index (χ0v) is 8.68. The summed E-state index contributed by atoms with van der Waals surface area (Å²) in [5.41, 5.74) is 6.59. The van der Waals surface area contributed by atoms with Crippen molar-refractivity contribution < 1.29 is 0 Å². The Bertz CT molecular complexity index is 276. The molecule has 0 unspecified atom stereocenters. The first kappa shape index (κ1) is 12.4. The summed E-state index contributed by atoms with van der Waals surface area (Å²) < 4.78 is 0. The summed E-state index contributed by atoms with van der Waals surface area (Å²) in [4.78, 5) is 4.10. The van der Waals surface area contributed by atoms with Crippen molar-refractivity contribution in [3.8, 4) is 0 Å². The van der Waals surface area contributed by atoms with Gasteiger partial charge in [0.05, 0.1) is 11.7 Å². The molecule has 1 heterocycles. The molecule has 0 amide bonds. The molecule has 1 atom stereocenters. The second-order valence-corrected chi connectivity index (χ2v) is 2.97. The topological polar surface area (TPSA) is 38.9 Å². The lowest BCUT2D eigenvalue weighted by Gasteiger charge is -2.07. The molecule has 0 aliphatic heterocycles. The Morgan fingerprint density at radius 3 is 2.92 bits per heavy atom. The lowest BCUT2D eigenvalue weighted by atomic mass is 10.1. The largest absolute Gasteiger partial charge is 0.322 e. The molecule has 0 aliphatic rings. The zero-order chi connectivity index (χ0) is 8.97. The number of rotatable bonds is 3. The number of hydrogen-bond acceptors (Lipinski definition) is 2. The van der Waals surface area contributed by atoms with E-state index >= 15 is 0 Å². The summed E-state index contributed by atoms with van der Waals surface area (Å²) in [6.45, 7) is 3.61. The van der Waals surface area contributed by atoms with Crippen molar-refractivity contribution in [1.29, 1.82) is 0 Å². The fraction of sp³-hybridized carbons (Fsp3) is 0.222. The average Bonchev–Trinajstić information content (AvgIpc) is 2.05. The van der Waals surface area contributed by atoms with Gasteiger partial charge in [-0.3, -0.25) is 4.98 Å². The van der Waals surface area contributed by atoms with Gasteiger partial charge in [-0.25, -0.2) is 0 Å². The van der Waals surface area contributed by atoms with E-state index in [-0.39, 0.29) is 18.4 Å². The second kappa shape index (κ2) is 5.97. The molecule has 0 aliphatic carbocycles. The van der Waals surface area contributed by atoms with Crippen LogP contribution >= 0.6 is 24.0 Å². The van der Waals surface area contributed by atoms with Gasteiger partial charge in [-0.2, -0.15) is 0 Å². The molecular weight excluding hydrogens is 207 g/mol. The third-order valence-corrected chi connectivity index (χ3v) is 1.78. The third-order valence-electron chi connectivity index (χ3n) is 1.54. The van der Waals surface area contributed by atoms with Crippen LogP contribution in [0.25, 0.3) is 0 Å². The second-order valence-electron chi connectivity index (χ2n) is 2.53. The molecule has 1 rings (SSSR count). The van der Waals surface area contributed by atoms with Gasteiger partial charge in [0.15, 0.2) is 0 Å². The van der Waals surface area contributed by atoms with Gasteiger partial charge in [0, 0.05) is 11.2 Å². The Morgan fingerprint density at radius 2 is 2.38 bits per heavy atom. The summed E-state index contributed by atoms with van der Waals surface area (Å²) in [7, 11) is 0. The van der Waals surface area contributed by atoms with Crippen LogP contribution in [-0.4, -0.2) is 4.98 Å². The maximum atomic E-state index is 5.78. The van der Waals surface area contributed by atoms with E-state index in [0.29, 0.717) is 11.4 Å². The highest BCUT2D eigenvalue weighted by atomic mass is 35.5. The maximum Gasteiger partial charge on any atom is 0.0588 e. The molecule has 1 aromatic heterocycles. The molecule has 1 aromatic rings. The van der Waals surface area contributed by atoms with Crippen molar-refractivity contribution in [3.63, 3.8) is 0 Å². The fourth-order valence-electron chi connectivity index (χ4n) is 0.924. The first-order valence-electron chi connectivity index (χ1n) is 3.72. The van der Waals surface area contributed by atoms with Crippen LogP contribution in [-0.2, 0) is 0 Å². The van der Waals surface area contributed by atoms with Crippen LogP contribution in [0.15, 0.2) is 31.0 Å². The lowest BCUT2D eigenvalue weighted by molar-refractivity contribution is 0.714. The summed E-state index contributed by atoms with van der Waals surface area (Å²) in [5, 5.41) is 0.666. The van der Waals surface area contributed by atoms with E-state index in [0.717, 1.165) is 5.69 Å². The Morgan fingerprint density at radius 1 is 1.69 bits per heavy atom. The van der Waals surface area contributed by atoms with Crippen molar-refractivity contribution in [2.24, 2.45) is 5.73 Å². The first-order chi connectivity index (χ1) is 5.74. The Labute approximate surface area is 89.2 Å². The number of nitrogens with zero attached hydrogens (tertiary/aromatic N) is 1. The van der Waals surface area contributed by atoms with Gasteiger partial charge in [0.25, 0.3) is 0 Å². The number of pyridine rings is 1. The Hall–Kier alpha value is -0.570. The summed E-state index contributed by atoms with van der Waals surface area (Å²) in [5.74, 6) is 0. The summed E-state index contributed by atoms with van der Waals surface area (Å²) >= 11 is 5.77. The van der Waals surface area contributed by atoms with E-state index in [4.69, 9.17) is 17.3 Å². The Balaban J connectivity index is 0.00000144. The van der Waals surface area contributed by atoms with Crippen molar-refractivity contribution in [2.45, 2.75) is 12.5 Å². The standard InChI is InChI=1S/C9H11ClN2.ClH/c1-2-3-8(11)9-6-7(10)4-5-12-9;/h2,4-6,8H,1,3,11H2;1H/t8-;/m0./s1. The van der Waals surface area contributed by atoms with Gasteiger partial charge in [0.1, 0.15) is 0 Å². The van der Waals surface area contributed by atoms with Gasteiger partial charge in [0.2, 0.25) is 0 Å². The number of aromatic nitrogens is 1.